The zero-order valence-electron chi connectivity index (χ0n) is 16.5. The molecule has 1 atom stereocenters. The second-order valence-corrected chi connectivity index (χ2v) is 6.71. The van der Waals surface area contributed by atoms with Gasteiger partial charge >= 0.3 is 0 Å². The van der Waals surface area contributed by atoms with Crippen molar-refractivity contribution >= 4 is 18.3 Å². The summed E-state index contributed by atoms with van der Waals surface area (Å²) in [4.78, 5) is 40.8. The highest BCUT2D eigenvalue weighted by Gasteiger charge is 2.35. The van der Waals surface area contributed by atoms with Crippen molar-refractivity contribution in [2.75, 3.05) is 13.1 Å². The molecule has 0 bridgehead atoms. The Kier molecular flexibility index (Phi) is 7.88. The molecule has 1 N–H and O–H groups in total. The minimum Gasteiger partial charge on any atom is -0.483 e. The molecule has 0 aliphatic carbocycles. The van der Waals surface area contributed by atoms with E-state index in [1.165, 1.54) is 17.0 Å². The lowest BCUT2D eigenvalue weighted by Crippen LogP contribution is -2.58. The first-order valence-electron chi connectivity index (χ1n) is 9.25. The van der Waals surface area contributed by atoms with E-state index in [1.54, 1.807) is 30.2 Å². The summed E-state index contributed by atoms with van der Waals surface area (Å²) >= 11 is 0. The predicted molar refractivity (Wildman–Crippen MR) is 103 cm³/mol. The van der Waals surface area contributed by atoms with E-state index in [-0.39, 0.29) is 37.2 Å². The van der Waals surface area contributed by atoms with Crippen molar-refractivity contribution in [2.24, 2.45) is 0 Å². The first kappa shape index (κ1) is 22.1. The molecule has 1 fully saturated rings. The van der Waals surface area contributed by atoms with E-state index in [2.05, 4.69) is 4.98 Å². The van der Waals surface area contributed by atoms with Gasteiger partial charge in [-0.25, -0.2) is 9.37 Å². The maximum Gasteiger partial charge on any atom is 0.290 e. The molecule has 2 aromatic rings. The number of aromatic nitrogens is 2. The Labute approximate surface area is 168 Å². The third kappa shape index (κ3) is 5.87. The monoisotopic (exact) mass is 404 g/mol. The summed E-state index contributed by atoms with van der Waals surface area (Å²) in [7, 11) is 0. The number of imidazole rings is 1. The SMILES string of the molecule is Cc1nccn1CCCN1C(=O)CN(Cc2cccc(F)c2)C(=O)[C@@H]1C.O=CO. The Morgan fingerprint density at radius 3 is 2.66 bits per heavy atom. The van der Waals surface area contributed by atoms with Gasteiger partial charge < -0.3 is 19.5 Å². The molecule has 1 aliphatic rings. The minimum atomic E-state index is -0.506. The number of benzene rings is 1. The second kappa shape index (κ2) is 10.4. The molecule has 9 heteroatoms. The highest BCUT2D eigenvalue weighted by molar-refractivity contribution is 5.94. The molecule has 1 saturated heterocycles. The van der Waals surface area contributed by atoms with Crippen LogP contribution in [0.1, 0.15) is 24.7 Å². The zero-order valence-corrected chi connectivity index (χ0v) is 16.5. The fourth-order valence-corrected chi connectivity index (χ4v) is 3.30. The Morgan fingerprint density at radius 2 is 2.03 bits per heavy atom. The highest BCUT2D eigenvalue weighted by Crippen LogP contribution is 2.17. The third-order valence-corrected chi connectivity index (χ3v) is 4.77. The lowest BCUT2D eigenvalue weighted by molar-refractivity contribution is -0.155. The van der Waals surface area contributed by atoms with Crippen LogP contribution in [0.3, 0.4) is 0 Å². The van der Waals surface area contributed by atoms with Gasteiger partial charge in [-0.05, 0) is 38.0 Å². The van der Waals surface area contributed by atoms with Crippen molar-refractivity contribution in [2.45, 2.75) is 39.4 Å². The number of aryl methyl sites for hydroxylation is 2. The Morgan fingerprint density at radius 1 is 1.31 bits per heavy atom. The molecule has 0 spiro atoms. The summed E-state index contributed by atoms with van der Waals surface area (Å²) in [5.41, 5.74) is 0.683. The van der Waals surface area contributed by atoms with Crippen LogP contribution in [0.2, 0.25) is 0 Å². The van der Waals surface area contributed by atoms with Crippen LogP contribution < -0.4 is 0 Å². The largest absolute Gasteiger partial charge is 0.483 e. The van der Waals surface area contributed by atoms with Crippen LogP contribution in [-0.4, -0.2) is 61.9 Å². The van der Waals surface area contributed by atoms with Gasteiger partial charge in [-0.3, -0.25) is 14.4 Å². The molecule has 3 rings (SSSR count). The number of rotatable bonds is 6. The second-order valence-electron chi connectivity index (χ2n) is 6.71. The standard InChI is InChI=1S/C19H23FN4O2.CH2O2/c1-14-19(26)23(12-16-5-3-6-17(20)11-16)13-18(25)24(14)9-4-8-22-10-7-21-15(22)2;2-1-3/h3,5-7,10-11,14H,4,8-9,12-13H2,1-2H3;1H,(H,2,3)/t14-;/m0./s1. The molecule has 1 aliphatic heterocycles. The number of hydrogen-bond acceptors (Lipinski definition) is 4. The summed E-state index contributed by atoms with van der Waals surface area (Å²) in [5.74, 6) is 0.409. The van der Waals surface area contributed by atoms with Crippen LogP contribution in [-0.2, 0) is 27.5 Å². The summed E-state index contributed by atoms with van der Waals surface area (Å²) in [6, 6.07) is 5.61. The van der Waals surface area contributed by atoms with Crippen molar-refractivity contribution < 1.29 is 23.9 Å². The van der Waals surface area contributed by atoms with Crippen molar-refractivity contribution in [1.29, 1.82) is 0 Å². The van der Waals surface area contributed by atoms with Crippen molar-refractivity contribution in [1.82, 2.24) is 19.4 Å². The average molecular weight is 404 g/mol. The van der Waals surface area contributed by atoms with Gasteiger partial charge in [0.25, 0.3) is 6.47 Å². The maximum absolute atomic E-state index is 13.3. The highest BCUT2D eigenvalue weighted by atomic mass is 19.1. The average Bonchev–Trinajstić information content (AvgIpc) is 3.08. The van der Waals surface area contributed by atoms with E-state index in [0.717, 1.165) is 18.8 Å². The van der Waals surface area contributed by atoms with Gasteiger partial charge in [-0.2, -0.15) is 0 Å². The topological polar surface area (TPSA) is 95.7 Å². The van der Waals surface area contributed by atoms with Crippen LogP contribution in [0, 0.1) is 12.7 Å². The molecule has 0 radical (unpaired) electrons. The van der Waals surface area contributed by atoms with Crippen LogP contribution in [0.5, 0.6) is 0 Å². The summed E-state index contributed by atoms with van der Waals surface area (Å²) in [6.07, 6.45) is 4.41. The van der Waals surface area contributed by atoms with Gasteiger partial charge in [-0.1, -0.05) is 12.1 Å². The minimum absolute atomic E-state index is 0.0315. The summed E-state index contributed by atoms with van der Waals surface area (Å²) in [5, 5.41) is 6.89. The molecule has 1 aromatic heterocycles. The van der Waals surface area contributed by atoms with E-state index < -0.39 is 6.04 Å². The quantitative estimate of drug-likeness (QED) is 0.739. The number of amides is 2. The fraction of sp³-hybridized carbons (Fsp3) is 0.400. The molecular formula is C20H25FN4O4. The van der Waals surface area contributed by atoms with Crippen molar-refractivity contribution in [3.8, 4) is 0 Å². The van der Waals surface area contributed by atoms with Crippen molar-refractivity contribution in [3.63, 3.8) is 0 Å². The Bertz CT molecular complexity index is 855. The fourth-order valence-electron chi connectivity index (χ4n) is 3.30. The number of carbonyl (C=O) groups is 3. The molecule has 29 heavy (non-hydrogen) atoms. The summed E-state index contributed by atoms with van der Waals surface area (Å²) in [6.45, 7) is 4.99. The van der Waals surface area contributed by atoms with Gasteiger partial charge in [-0.15, -0.1) is 0 Å². The number of halogens is 1. The number of piperazine rings is 1. The van der Waals surface area contributed by atoms with E-state index >= 15 is 0 Å². The Hall–Kier alpha value is -3.23. The first-order valence-corrected chi connectivity index (χ1v) is 9.25. The zero-order chi connectivity index (χ0) is 21.4. The van der Waals surface area contributed by atoms with Gasteiger partial charge in [0.1, 0.15) is 24.2 Å². The lowest BCUT2D eigenvalue weighted by atomic mass is 10.1. The van der Waals surface area contributed by atoms with Gasteiger partial charge in [0, 0.05) is 32.0 Å². The molecule has 1 aromatic carbocycles. The maximum atomic E-state index is 13.3. The first-order chi connectivity index (χ1) is 13.9. The molecule has 0 saturated carbocycles. The van der Waals surface area contributed by atoms with Crippen molar-refractivity contribution in [3.05, 3.63) is 53.9 Å². The van der Waals surface area contributed by atoms with Crippen LogP contribution in [0.4, 0.5) is 4.39 Å². The molecule has 0 unspecified atom stereocenters. The van der Waals surface area contributed by atoms with Crippen LogP contribution in [0.15, 0.2) is 36.7 Å². The number of nitrogens with zero attached hydrogens (tertiary/aromatic N) is 4. The third-order valence-electron chi connectivity index (χ3n) is 4.77. The number of carboxylic acid groups (broad SMARTS) is 1. The number of hydrogen-bond donors (Lipinski definition) is 1. The van der Waals surface area contributed by atoms with E-state index in [4.69, 9.17) is 9.90 Å². The van der Waals surface area contributed by atoms with E-state index in [9.17, 15) is 14.0 Å². The van der Waals surface area contributed by atoms with Gasteiger partial charge in [0.2, 0.25) is 11.8 Å². The smallest absolute Gasteiger partial charge is 0.290 e. The number of carbonyl (C=O) groups excluding carboxylic acids is 2. The molecule has 8 nitrogen and oxygen atoms in total. The van der Waals surface area contributed by atoms with E-state index in [1.807, 2.05) is 17.7 Å². The molecular weight excluding hydrogens is 379 g/mol. The van der Waals surface area contributed by atoms with Crippen LogP contribution in [0.25, 0.3) is 0 Å². The van der Waals surface area contributed by atoms with Crippen LogP contribution >= 0.6 is 0 Å². The van der Waals surface area contributed by atoms with Gasteiger partial charge in [0.15, 0.2) is 0 Å². The molecule has 156 valence electrons. The molecule has 2 amide bonds. The lowest BCUT2D eigenvalue weighted by Gasteiger charge is -2.39. The van der Waals surface area contributed by atoms with E-state index in [0.29, 0.717) is 12.1 Å². The summed E-state index contributed by atoms with van der Waals surface area (Å²) < 4.78 is 15.4. The Balaban J connectivity index is 0.000000941. The van der Waals surface area contributed by atoms with Gasteiger partial charge in [0.05, 0.1) is 0 Å². The molecule has 2 heterocycles. The predicted octanol–water partition coefficient (Wildman–Crippen LogP) is 1.68. The normalized spacial score (nSPS) is 16.4.